The average Bonchev–Trinajstić information content (AvgIpc) is 2.54. The second kappa shape index (κ2) is 5.50. The molecule has 1 aliphatic heterocycles. The molecule has 1 heterocycles. The smallest absolute Gasteiger partial charge is 0.131 e. The third kappa shape index (κ3) is 2.60. The zero-order chi connectivity index (χ0) is 12.3. The molecule has 1 atom stereocenters. The largest absolute Gasteiger partial charge is 0.493 e. The molecule has 1 aromatic rings. The number of ether oxygens (including phenoxy) is 1. The van der Waals surface area contributed by atoms with Crippen LogP contribution in [0.4, 0.5) is 4.39 Å². The van der Waals surface area contributed by atoms with Crippen molar-refractivity contribution in [3.63, 3.8) is 0 Å². The van der Waals surface area contributed by atoms with Crippen molar-refractivity contribution in [2.45, 2.75) is 39.2 Å². The second-order valence-corrected chi connectivity index (χ2v) is 4.60. The van der Waals surface area contributed by atoms with E-state index in [9.17, 15) is 4.39 Å². The normalized spacial score (nSPS) is 19.4. The highest BCUT2D eigenvalue weighted by Gasteiger charge is 2.24. The Labute approximate surface area is 102 Å². The Morgan fingerprint density at radius 3 is 3.06 bits per heavy atom. The number of aryl methyl sites for hydroxylation is 1. The summed E-state index contributed by atoms with van der Waals surface area (Å²) >= 11 is 0. The van der Waals surface area contributed by atoms with Crippen LogP contribution in [0.3, 0.4) is 0 Å². The van der Waals surface area contributed by atoms with Crippen LogP contribution in [0.5, 0.6) is 5.75 Å². The minimum Gasteiger partial charge on any atom is -0.493 e. The Morgan fingerprint density at radius 1 is 1.47 bits per heavy atom. The van der Waals surface area contributed by atoms with Gasteiger partial charge in [0.1, 0.15) is 11.6 Å². The van der Waals surface area contributed by atoms with Gasteiger partial charge in [-0.1, -0.05) is 13.0 Å². The van der Waals surface area contributed by atoms with Crippen molar-refractivity contribution in [1.29, 1.82) is 0 Å². The lowest BCUT2D eigenvalue weighted by molar-refractivity contribution is 0.312. The minimum absolute atomic E-state index is 0.0901. The van der Waals surface area contributed by atoms with E-state index >= 15 is 0 Å². The van der Waals surface area contributed by atoms with Gasteiger partial charge in [-0.2, -0.15) is 0 Å². The Hall–Kier alpha value is -1.09. The summed E-state index contributed by atoms with van der Waals surface area (Å²) in [4.78, 5) is 0. The highest BCUT2D eigenvalue weighted by atomic mass is 19.1. The van der Waals surface area contributed by atoms with Crippen LogP contribution in [0.2, 0.25) is 0 Å². The molecule has 94 valence electrons. The fourth-order valence-electron chi connectivity index (χ4n) is 2.33. The van der Waals surface area contributed by atoms with Crippen molar-refractivity contribution in [3.05, 3.63) is 29.1 Å². The summed E-state index contributed by atoms with van der Waals surface area (Å²) in [6, 6.07) is 3.42. The maximum Gasteiger partial charge on any atom is 0.131 e. The van der Waals surface area contributed by atoms with Crippen molar-refractivity contribution in [3.8, 4) is 5.75 Å². The Morgan fingerprint density at radius 2 is 2.29 bits per heavy atom. The molecular weight excluding hydrogens is 217 g/mol. The number of benzene rings is 1. The fraction of sp³-hybridized carbons (Fsp3) is 0.571. The van der Waals surface area contributed by atoms with E-state index in [4.69, 9.17) is 4.74 Å². The minimum atomic E-state index is -0.152. The van der Waals surface area contributed by atoms with Crippen LogP contribution >= 0.6 is 0 Å². The SMILES string of the molecule is CCCNC1CCCOc2c(C)ccc(F)c21. The summed E-state index contributed by atoms with van der Waals surface area (Å²) in [5.41, 5.74) is 1.74. The van der Waals surface area contributed by atoms with Crippen LogP contribution in [-0.2, 0) is 0 Å². The van der Waals surface area contributed by atoms with Crippen molar-refractivity contribution < 1.29 is 9.13 Å². The highest BCUT2D eigenvalue weighted by molar-refractivity contribution is 5.44. The summed E-state index contributed by atoms with van der Waals surface area (Å²) in [7, 11) is 0. The van der Waals surface area contributed by atoms with Crippen molar-refractivity contribution in [2.24, 2.45) is 0 Å². The number of nitrogens with one attached hydrogen (secondary N) is 1. The Kier molecular flexibility index (Phi) is 4.00. The molecule has 1 unspecified atom stereocenters. The molecule has 1 N–H and O–H groups in total. The number of halogens is 1. The molecule has 2 nitrogen and oxygen atoms in total. The van der Waals surface area contributed by atoms with Gasteiger partial charge < -0.3 is 10.1 Å². The monoisotopic (exact) mass is 237 g/mol. The average molecular weight is 237 g/mol. The zero-order valence-corrected chi connectivity index (χ0v) is 10.6. The molecule has 0 amide bonds. The Bertz CT molecular complexity index is 392. The van der Waals surface area contributed by atoms with Gasteiger partial charge in [-0.25, -0.2) is 4.39 Å². The van der Waals surface area contributed by atoms with Gasteiger partial charge in [0, 0.05) is 11.6 Å². The van der Waals surface area contributed by atoms with Gasteiger partial charge in [-0.05, 0) is 44.4 Å². The van der Waals surface area contributed by atoms with E-state index in [0.717, 1.165) is 42.7 Å². The number of hydrogen-bond acceptors (Lipinski definition) is 2. The lowest BCUT2D eigenvalue weighted by atomic mass is 9.99. The second-order valence-electron chi connectivity index (χ2n) is 4.60. The molecule has 0 saturated heterocycles. The summed E-state index contributed by atoms with van der Waals surface area (Å²) in [6.07, 6.45) is 2.96. The van der Waals surface area contributed by atoms with Gasteiger partial charge in [-0.3, -0.25) is 0 Å². The Balaban J connectivity index is 2.36. The number of rotatable bonds is 3. The van der Waals surface area contributed by atoms with Gasteiger partial charge in [0.2, 0.25) is 0 Å². The molecule has 0 aromatic heterocycles. The van der Waals surface area contributed by atoms with Gasteiger partial charge in [0.25, 0.3) is 0 Å². The van der Waals surface area contributed by atoms with E-state index in [1.165, 1.54) is 0 Å². The first-order valence-corrected chi connectivity index (χ1v) is 6.39. The standard InChI is InChI=1S/C14H20FNO/c1-3-8-16-12-5-4-9-17-14-10(2)6-7-11(15)13(12)14/h6-7,12,16H,3-5,8-9H2,1-2H3. The first kappa shape index (κ1) is 12.4. The van der Waals surface area contributed by atoms with E-state index in [1.54, 1.807) is 12.1 Å². The first-order chi connectivity index (χ1) is 8.24. The van der Waals surface area contributed by atoms with Crippen LogP contribution in [0.1, 0.15) is 43.4 Å². The maximum absolute atomic E-state index is 14.0. The topological polar surface area (TPSA) is 21.3 Å². The third-order valence-electron chi connectivity index (χ3n) is 3.21. The quantitative estimate of drug-likeness (QED) is 0.870. The predicted molar refractivity (Wildman–Crippen MR) is 66.9 cm³/mol. The van der Waals surface area contributed by atoms with Crippen molar-refractivity contribution in [1.82, 2.24) is 5.32 Å². The van der Waals surface area contributed by atoms with Crippen molar-refractivity contribution >= 4 is 0 Å². The van der Waals surface area contributed by atoms with E-state index in [0.29, 0.717) is 6.61 Å². The maximum atomic E-state index is 14.0. The molecule has 2 rings (SSSR count). The van der Waals surface area contributed by atoms with Gasteiger partial charge in [0.15, 0.2) is 0 Å². The third-order valence-corrected chi connectivity index (χ3v) is 3.21. The van der Waals surface area contributed by atoms with Crippen LogP contribution in [0.15, 0.2) is 12.1 Å². The van der Waals surface area contributed by atoms with Gasteiger partial charge in [-0.15, -0.1) is 0 Å². The first-order valence-electron chi connectivity index (χ1n) is 6.39. The fourth-order valence-corrected chi connectivity index (χ4v) is 2.33. The molecule has 0 spiro atoms. The molecule has 0 saturated carbocycles. The van der Waals surface area contributed by atoms with Crippen molar-refractivity contribution in [2.75, 3.05) is 13.2 Å². The lowest BCUT2D eigenvalue weighted by Gasteiger charge is -2.19. The molecule has 0 fully saturated rings. The van der Waals surface area contributed by atoms with Crippen LogP contribution < -0.4 is 10.1 Å². The lowest BCUT2D eigenvalue weighted by Crippen LogP contribution is -2.22. The summed E-state index contributed by atoms with van der Waals surface area (Å²) < 4.78 is 19.7. The van der Waals surface area contributed by atoms with E-state index in [1.807, 2.05) is 6.92 Å². The molecule has 1 aromatic carbocycles. The van der Waals surface area contributed by atoms with Crippen LogP contribution in [-0.4, -0.2) is 13.2 Å². The highest BCUT2D eigenvalue weighted by Crippen LogP contribution is 2.36. The van der Waals surface area contributed by atoms with E-state index in [2.05, 4.69) is 12.2 Å². The molecular formula is C14H20FNO. The molecule has 17 heavy (non-hydrogen) atoms. The molecule has 0 radical (unpaired) electrons. The van der Waals surface area contributed by atoms with Crippen LogP contribution in [0, 0.1) is 12.7 Å². The molecule has 0 aliphatic carbocycles. The molecule has 3 heteroatoms. The predicted octanol–water partition coefficient (Wildman–Crippen LogP) is 3.35. The van der Waals surface area contributed by atoms with Gasteiger partial charge in [0.05, 0.1) is 6.61 Å². The van der Waals surface area contributed by atoms with E-state index in [-0.39, 0.29) is 11.9 Å². The van der Waals surface area contributed by atoms with E-state index < -0.39 is 0 Å². The summed E-state index contributed by atoms with van der Waals surface area (Å²) in [5, 5.41) is 3.42. The number of hydrogen-bond donors (Lipinski definition) is 1. The zero-order valence-electron chi connectivity index (χ0n) is 10.6. The summed E-state index contributed by atoms with van der Waals surface area (Å²) in [6.45, 7) is 5.69. The summed E-state index contributed by atoms with van der Waals surface area (Å²) in [5.74, 6) is 0.595. The molecule has 0 bridgehead atoms. The van der Waals surface area contributed by atoms with Gasteiger partial charge >= 0.3 is 0 Å². The molecule has 1 aliphatic rings. The van der Waals surface area contributed by atoms with Crippen LogP contribution in [0.25, 0.3) is 0 Å². The number of fused-ring (bicyclic) bond motifs is 1.